The first-order chi connectivity index (χ1) is 9.02. The molecule has 2 N–H and O–H groups in total. The summed E-state index contributed by atoms with van der Waals surface area (Å²) in [5.41, 5.74) is 0. The number of hydrogen-bond acceptors (Lipinski definition) is 6. The van der Waals surface area contributed by atoms with Crippen molar-refractivity contribution in [3.8, 4) is 0 Å². The second kappa shape index (κ2) is 5.34. The van der Waals surface area contributed by atoms with Gasteiger partial charge in [0.2, 0.25) is 0 Å². The highest BCUT2D eigenvalue weighted by molar-refractivity contribution is 5.80. The Morgan fingerprint density at radius 2 is 1.84 bits per heavy atom. The molecule has 7 heteroatoms. The van der Waals surface area contributed by atoms with Crippen LogP contribution in [0.15, 0.2) is 0 Å². The largest absolute Gasteiger partial charge is 0.466 e. The van der Waals surface area contributed by atoms with Crippen LogP contribution in [0, 0.1) is 11.8 Å². The highest BCUT2D eigenvalue weighted by Gasteiger charge is 2.67. The second-order valence-electron chi connectivity index (χ2n) is 4.75. The average Bonchev–Trinajstić information content (AvgIpc) is 3.10. The monoisotopic (exact) mass is 273 g/mol. The van der Waals surface area contributed by atoms with Gasteiger partial charge in [0.25, 0.3) is 0 Å². The maximum atomic E-state index is 11.8. The van der Waals surface area contributed by atoms with Crippen LogP contribution in [-0.4, -0.2) is 65.2 Å². The van der Waals surface area contributed by atoms with Crippen molar-refractivity contribution in [3.05, 3.63) is 0 Å². The van der Waals surface area contributed by atoms with E-state index in [0.29, 0.717) is 0 Å². The Kier molecular flexibility index (Phi) is 3.96. The van der Waals surface area contributed by atoms with Gasteiger partial charge in [-0.25, -0.2) is 4.79 Å². The van der Waals surface area contributed by atoms with Gasteiger partial charge in [0, 0.05) is 5.92 Å². The highest BCUT2D eigenvalue weighted by Crippen LogP contribution is 2.50. The van der Waals surface area contributed by atoms with Crippen LogP contribution in [0.3, 0.4) is 0 Å². The molecule has 2 rings (SSSR count). The summed E-state index contributed by atoms with van der Waals surface area (Å²) in [5, 5.41) is 19.6. The van der Waals surface area contributed by atoms with Crippen LogP contribution in [-0.2, 0) is 14.3 Å². The minimum Gasteiger partial charge on any atom is -0.466 e. The Morgan fingerprint density at radius 3 is 2.42 bits per heavy atom. The van der Waals surface area contributed by atoms with Gasteiger partial charge in [-0.2, -0.15) is 0 Å². The van der Waals surface area contributed by atoms with E-state index in [4.69, 9.17) is 9.47 Å². The minimum atomic E-state index is -1.06. The van der Waals surface area contributed by atoms with Crippen LogP contribution >= 0.6 is 0 Å². The van der Waals surface area contributed by atoms with Gasteiger partial charge < -0.3 is 24.6 Å². The molecule has 1 aliphatic carbocycles. The van der Waals surface area contributed by atoms with E-state index in [2.05, 4.69) is 0 Å². The first-order valence-electron chi connectivity index (χ1n) is 6.49. The second-order valence-corrected chi connectivity index (χ2v) is 4.75. The van der Waals surface area contributed by atoms with Crippen molar-refractivity contribution in [1.29, 1.82) is 0 Å². The maximum Gasteiger partial charge on any atom is 0.410 e. The quantitative estimate of drug-likeness (QED) is 0.664. The predicted molar refractivity (Wildman–Crippen MR) is 63.1 cm³/mol. The lowest BCUT2D eigenvalue weighted by Gasteiger charge is -2.31. The molecule has 2 aliphatic rings. The molecule has 108 valence electrons. The van der Waals surface area contributed by atoms with E-state index in [1.54, 1.807) is 13.8 Å². The normalized spacial score (nSPS) is 36.4. The smallest absolute Gasteiger partial charge is 0.410 e. The summed E-state index contributed by atoms with van der Waals surface area (Å²) in [7, 11) is 0. The summed E-state index contributed by atoms with van der Waals surface area (Å²) < 4.78 is 9.81. The number of aliphatic hydroxyl groups is 2. The molecule has 7 nitrogen and oxygen atoms in total. The van der Waals surface area contributed by atoms with Crippen LogP contribution in [0.2, 0.25) is 0 Å². The van der Waals surface area contributed by atoms with Gasteiger partial charge in [0.15, 0.2) is 0 Å². The molecule has 0 bridgehead atoms. The van der Waals surface area contributed by atoms with Crippen molar-refractivity contribution in [2.45, 2.75) is 32.1 Å². The van der Waals surface area contributed by atoms with Gasteiger partial charge in [0.05, 0.1) is 43.9 Å². The number of rotatable bonds is 3. The summed E-state index contributed by atoms with van der Waals surface area (Å²) in [5.74, 6) is -1.48. The Bertz CT molecular complexity index is 373. The number of aliphatic hydroxyl groups excluding tert-OH is 2. The lowest BCUT2D eigenvalue weighted by molar-refractivity contribution is -0.145. The fourth-order valence-electron chi connectivity index (χ4n) is 2.76. The number of likely N-dealkylation sites (tertiary alicyclic amines) is 1. The third-order valence-electron chi connectivity index (χ3n) is 3.63. The first-order valence-corrected chi connectivity index (χ1v) is 6.49. The predicted octanol–water partition coefficient (Wildman–Crippen LogP) is -0.642. The number of fused-ring (bicyclic) bond motifs is 1. The van der Waals surface area contributed by atoms with Gasteiger partial charge >= 0.3 is 12.1 Å². The highest BCUT2D eigenvalue weighted by atomic mass is 16.6. The Balaban J connectivity index is 2.11. The van der Waals surface area contributed by atoms with E-state index in [0.717, 1.165) is 0 Å². The van der Waals surface area contributed by atoms with E-state index in [9.17, 15) is 19.8 Å². The zero-order valence-corrected chi connectivity index (χ0v) is 11.0. The van der Waals surface area contributed by atoms with Crippen molar-refractivity contribution < 1.29 is 29.3 Å². The minimum absolute atomic E-state index is 0.0307. The number of hydrogen-bond donors (Lipinski definition) is 2. The molecule has 1 aliphatic heterocycles. The molecule has 0 aromatic carbocycles. The number of carbonyl (C=O) groups excluding carboxylic acids is 2. The molecule has 0 unspecified atom stereocenters. The van der Waals surface area contributed by atoms with Crippen molar-refractivity contribution in [2.75, 3.05) is 19.8 Å². The van der Waals surface area contributed by atoms with Gasteiger partial charge in [-0.1, -0.05) is 0 Å². The summed E-state index contributed by atoms with van der Waals surface area (Å²) in [6.45, 7) is 3.80. The molecule has 0 spiro atoms. The SMILES string of the molecule is CCOC(=O)[C@@H]1[C@H]2[C@@H](O)[C@@H](O)CN(C(=O)OCC)[C@@H]12. The fraction of sp³-hybridized carbons (Fsp3) is 0.833. The third-order valence-corrected chi connectivity index (χ3v) is 3.63. The summed E-state index contributed by atoms with van der Waals surface area (Å²) in [4.78, 5) is 24.8. The molecule has 0 aromatic rings. The molecular formula is C12H19NO6. The number of carbonyl (C=O) groups is 2. The van der Waals surface area contributed by atoms with Gasteiger partial charge in [0.1, 0.15) is 0 Å². The molecule has 5 atom stereocenters. The Morgan fingerprint density at radius 1 is 1.21 bits per heavy atom. The van der Waals surface area contributed by atoms with E-state index in [-0.39, 0.29) is 19.8 Å². The van der Waals surface area contributed by atoms with E-state index < -0.39 is 42.1 Å². The molecule has 2 fully saturated rings. The van der Waals surface area contributed by atoms with Crippen LogP contribution in [0.5, 0.6) is 0 Å². The maximum absolute atomic E-state index is 11.8. The lowest BCUT2D eigenvalue weighted by atomic mass is 10.0. The van der Waals surface area contributed by atoms with Gasteiger partial charge in [-0.15, -0.1) is 0 Å². The number of esters is 1. The molecule has 1 amide bonds. The van der Waals surface area contributed by atoms with Gasteiger partial charge in [-0.05, 0) is 13.8 Å². The van der Waals surface area contributed by atoms with E-state index >= 15 is 0 Å². The van der Waals surface area contributed by atoms with Crippen molar-refractivity contribution >= 4 is 12.1 Å². The van der Waals surface area contributed by atoms with Crippen LogP contribution in [0.4, 0.5) is 4.79 Å². The molecular weight excluding hydrogens is 254 g/mol. The number of nitrogens with zero attached hydrogens (tertiary/aromatic N) is 1. The summed E-state index contributed by atoms with van der Waals surface area (Å²) >= 11 is 0. The lowest BCUT2D eigenvalue weighted by Crippen LogP contribution is -2.50. The average molecular weight is 273 g/mol. The van der Waals surface area contributed by atoms with Crippen molar-refractivity contribution in [1.82, 2.24) is 4.90 Å². The Labute approximate surface area is 111 Å². The molecule has 1 saturated heterocycles. The number of amides is 1. The zero-order valence-electron chi connectivity index (χ0n) is 11.0. The fourth-order valence-corrected chi connectivity index (χ4v) is 2.76. The molecule has 19 heavy (non-hydrogen) atoms. The number of β-amino-alcohol motifs (C(OH)–C–C–N with tert-alkyl or cyclic N) is 1. The van der Waals surface area contributed by atoms with Crippen molar-refractivity contribution in [2.24, 2.45) is 11.8 Å². The number of piperidine rings is 1. The van der Waals surface area contributed by atoms with E-state index in [1.807, 2.05) is 0 Å². The van der Waals surface area contributed by atoms with Crippen LogP contribution in [0.25, 0.3) is 0 Å². The van der Waals surface area contributed by atoms with Crippen molar-refractivity contribution in [3.63, 3.8) is 0 Å². The summed E-state index contributed by atoms with van der Waals surface area (Å²) in [6.07, 6.45) is -2.65. The topological polar surface area (TPSA) is 96.3 Å². The zero-order chi connectivity index (χ0) is 14.2. The first kappa shape index (κ1) is 14.1. The summed E-state index contributed by atoms with van der Waals surface area (Å²) in [6, 6.07) is -0.434. The third kappa shape index (κ3) is 2.40. The molecule has 1 saturated carbocycles. The molecule has 0 radical (unpaired) electrons. The number of ether oxygens (including phenoxy) is 2. The Hall–Kier alpha value is -1.34. The van der Waals surface area contributed by atoms with Crippen LogP contribution < -0.4 is 0 Å². The molecule has 0 aromatic heterocycles. The molecule has 1 heterocycles. The van der Waals surface area contributed by atoms with Crippen LogP contribution in [0.1, 0.15) is 13.8 Å². The van der Waals surface area contributed by atoms with Gasteiger partial charge in [-0.3, -0.25) is 4.79 Å². The standard InChI is InChI=1S/C12H19NO6/c1-3-18-11(16)8-7-9(8)13(12(17)19-4-2)5-6(14)10(7)15/h6-10,14-15H,3-5H2,1-2H3/t6-,7+,8+,9+,10-/m0/s1. The van der Waals surface area contributed by atoms with E-state index in [1.165, 1.54) is 4.90 Å².